The summed E-state index contributed by atoms with van der Waals surface area (Å²) in [6, 6.07) is 14.7. The first-order valence-electron chi connectivity index (χ1n) is 9.30. The highest BCUT2D eigenvalue weighted by molar-refractivity contribution is 8.01. The number of aromatic nitrogens is 1. The van der Waals surface area contributed by atoms with Gasteiger partial charge < -0.3 is 4.90 Å². The summed E-state index contributed by atoms with van der Waals surface area (Å²) < 4.78 is 2.06. The Labute approximate surface area is 176 Å². The van der Waals surface area contributed by atoms with Crippen molar-refractivity contribution in [3.8, 4) is 0 Å². The third kappa shape index (κ3) is 4.92. The maximum Gasteiger partial charge on any atom is 0.269 e. The molecule has 2 heterocycles. The molecule has 0 spiro atoms. The van der Waals surface area contributed by atoms with Crippen molar-refractivity contribution in [1.29, 1.82) is 0 Å². The molecule has 1 fully saturated rings. The van der Waals surface area contributed by atoms with Gasteiger partial charge in [0.25, 0.3) is 5.69 Å². The molecule has 0 saturated carbocycles. The van der Waals surface area contributed by atoms with Gasteiger partial charge in [-0.15, -0.1) is 11.3 Å². The van der Waals surface area contributed by atoms with Gasteiger partial charge in [0.2, 0.25) is 5.91 Å². The molecule has 0 unspecified atom stereocenters. The van der Waals surface area contributed by atoms with Crippen LogP contribution in [0.5, 0.6) is 0 Å². The molecule has 1 saturated heterocycles. The Hall–Kier alpha value is -2.49. The van der Waals surface area contributed by atoms with E-state index >= 15 is 0 Å². The van der Waals surface area contributed by atoms with Crippen LogP contribution in [0.15, 0.2) is 52.9 Å². The highest BCUT2D eigenvalue weighted by atomic mass is 32.2. The van der Waals surface area contributed by atoms with Crippen LogP contribution >= 0.6 is 23.1 Å². The summed E-state index contributed by atoms with van der Waals surface area (Å²) in [5.74, 6) is 0.522. The second-order valence-electron chi connectivity index (χ2n) is 6.82. The lowest BCUT2D eigenvalue weighted by molar-refractivity contribution is -0.384. The van der Waals surface area contributed by atoms with E-state index in [0.29, 0.717) is 25.4 Å². The Morgan fingerprint density at radius 3 is 2.69 bits per heavy atom. The number of fused-ring (bicyclic) bond motifs is 1. The Kier molecular flexibility index (Phi) is 6.08. The number of thioether (sulfide) groups is 1. The molecule has 150 valence electrons. The van der Waals surface area contributed by atoms with Crippen LogP contribution in [0.25, 0.3) is 10.2 Å². The number of non-ortho nitro benzene ring substituents is 1. The summed E-state index contributed by atoms with van der Waals surface area (Å²) in [7, 11) is 0. The van der Waals surface area contributed by atoms with Crippen LogP contribution in [0, 0.1) is 10.1 Å². The van der Waals surface area contributed by atoms with Crippen LogP contribution in [0.2, 0.25) is 0 Å². The van der Waals surface area contributed by atoms with E-state index in [-0.39, 0.29) is 16.5 Å². The molecule has 4 rings (SSSR count). The molecule has 0 N–H and O–H groups in total. The second kappa shape index (κ2) is 8.89. The third-order valence-electron chi connectivity index (χ3n) is 4.85. The van der Waals surface area contributed by atoms with Crippen LogP contribution < -0.4 is 0 Å². The third-order valence-corrected chi connectivity index (χ3v) is 7.01. The number of para-hydroxylation sites is 1. The molecule has 2 aromatic carbocycles. The van der Waals surface area contributed by atoms with Gasteiger partial charge in [0.15, 0.2) is 4.34 Å². The molecule has 7 nitrogen and oxygen atoms in total. The molecule has 1 aliphatic rings. The van der Waals surface area contributed by atoms with Crippen molar-refractivity contribution in [2.45, 2.75) is 10.9 Å². The molecule has 1 amide bonds. The van der Waals surface area contributed by atoms with Gasteiger partial charge in [-0.1, -0.05) is 36.0 Å². The second-order valence-corrected chi connectivity index (χ2v) is 9.07. The first kappa shape index (κ1) is 19.8. The predicted octanol–water partition coefficient (Wildman–Crippen LogP) is 3.64. The van der Waals surface area contributed by atoms with Crippen molar-refractivity contribution in [2.75, 3.05) is 31.9 Å². The number of hydrogen-bond acceptors (Lipinski definition) is 7. The minimum absolute atomic E-state index is 0.114. The van der Waals surface area contributed by atoms with E-state index in [9.17, 15) is 14.9 Å². The SMILES string of the molecule is O=C(CSc1nc2ccccc2s1)N1CCN(Cc2cccc([N+](=O)[O-])c2)CC1. The predicted molar refractivity (Wildman–Crippen MR) is 115 cm³/mol. The summed E-state index contributed by atoms with van der Waals surface area (Å²) in [5.41, 5.74) is 2.01. The lowest BCUT2D eigenvalue weighted by atomic mass is 10.1. The van der Waals surface area contributed by atoms with Crippen LogP contribution in [-0.2, 0) is 11.3 Å². The Bertz CT molecular complexity index is 998. The Balaban J connectivity index is 1.26. The summed E-state index contributed by atoms with van der Waals surface area (Å²) in [5, 5.41) is 10.9. The lowest BCUT2D eigenvalue weighted by Gasteiger charge is -2.34. The number of piperazine rings is 1. The standard InChI is InChI=1S/C20H20N4O3S2/c25-19(14-28-20-21-17-6-1-2-7-18(17)29-20)23-10-8-22(9-11-23)13-15-4-3-5-16(12-15)24(26)27/h1-7,12H,8-11,13-14H2. The fourth-order valence-electron chi connectivity index (χ4n) is 3.31. The monoisotopic (exact) mass is 428 g/mol. The van der Waals surface area contributed by atoms with Crippen LogP contribution in [0.3, 0.4) is 0 Å². The van der Waals surface area contributed by atoms with Gasteiger partial charge in [0.1, 0.15) is 0 Å². The highest BCUT2D eigenvalue weighted by Crippen LogP contribution is 2.29. The Morgan fingerprint density at radius 2 is 1.93 bits per heavy atom. The summed E-state index contributed by atoms with van der Waals surface area (Å²) in [6.45, 7) is 3.53. The van der Waals surface area contributed by atoms with E-state index in [2.05, 4.69) is 9.88 Å². The number of nitro groups is 1. The molecule has 0 aliphatic carbocycles. The zero-order valence-corrected chi connectivity index (χ0v) is 17.3. The van der Waals surface area contributed by atoms with Gasteiger partial charge in [0.05, 0.1) is 20.9 Å². The number of nitro benzene ring substituents is 1. The molecule has 1 aliphatic heterocycles. The minimum atomic E-state index is -0.372. The molecule has 3 aromatic rings. The smallest absolute Gasteiger partial charge is 0.269 e. The largest absolute Gasteiger partial charge is 0.339 e. The average molecular weight is 429 g/mol. The van der Waals surface area contributed by atoms with E-state index < -0.39 is 0 Å². The van der Waals surface area contributed by atoms with Crippen LogP contribution in [0.1, 0.15) is 5.56 Å². The van der Waals surface area contributed by atoms with Crippen molar-refractivity contribution < 1.29 is 9.72 Å². The first-order chi connectivity index (χ1) is 14.1. The average Bonchev–Trinajstić information content (AvgIpc) is 3.16. The van der Waals surface area contributed by atoms with E-state index in [1.165, 1.54) is 17.8 Å². The fourth-order valence-corrected chi connectivity index (χ4v) is 5.28. The van der Waals surface area contributed by atoms with Crippen molar-refractivity contribution in [2.24, 2.45) is 0 Å². The molecule has 1 aromatic heterocycles. The quantitative estimate of drug-likeness (QED) is 0.339. The van der Waals surface area contributed by atoms with Crippen LogP contribution in [-0.4, -0.2) is 57.5 Å². The van der Waals surface area contributed by atoms with Crippen molar-refractivity contribution in [3.63, 3.8) is 0 Å². The summed E-state index contributed by atoms with van der Waals surface area (Å²) in [6.07, 6.45) is 0. The topological polar surface area (TPSA) is 79.6 Å². The maximum absolute atomic E-state index is 12.6. The Morgan fingerprint density at radius 1 is 1.14 bits per heavy atom. The van der Waals surface area contributed by atoms with E-state index in [1.54, 1.807) is 23.5 Å². The van der Waals surface area contributed by atoms with Gasteiger partial charge in [-0.2, -0.15) is 0 Å². The molecular formula is C20H20N4O3S2. The number of carbonyl (C=O) groups is 1. The molecule has 0 radical (unpaired) electrons. The van der Waals surface area contributed by atoms with Crippen LogP contribution in [0.4, 0.5) is 5.69 Å². The maximum atomic E-state index is 12.6. The fraction of sp³-hybridized carbons (Fsp3) is 0.300. The number of benzene rings is 2. The van der Waals surface area contributed by atoms with E-state index in [1.807, 2.05) is 35.2 Å². The van der Waals surface area contributed by atoms with Gasteiger partial charge in [0, 0.05) is 44.9 Å². The summed E-state index contributed by atoms with van der Waals surface area (Å²) in [4.78, 5) is 31.8. The number of carbonyl (C=O) groups excluding carboxylic acids is 1. The van der Waals surface area contributed by atoms with Gasteiger partial charge >= 0.3 is 0 Å². The number of nitrogens with zero attached hydrogens (tertiary/aromatic N) is 4. The number of hydrogen-bond donors (Lipinski definition) is 0. The molecule has 9 heteroatoms. The zero-order valence-electron chi connectivity index (χ0n) is 15.7. The normalized spacial score (nSPS) is 15.0. The van der Waals surface area contributed by atoms with Gasteiger partial charge in [-0.3, -0.25) is 19.8 Å². The number of amides is 1. The van der Waals surface area contributed by atoms with E-state index in [0.717, 1.165) is 33.2 Å². The number of thiazole rings is 1. The van der Waals surface area contributed by atoms with Crippen molar-refractivity contribution in [3.05, 3.63) is 64.2 Å². The molecule has 0 bridgehead atoms. The van der Waals surface area contributed by atoms with Gasteiger partial charge in [-0.25, -0.2) is 4.98 Å². The molecule has 29 heavy (non-hydrogen) atoms. The van der Waals surface area contributed by atoms with E-state index in [4.69, 9.17) is 0 Å². The van der Waals surface area contributed by atoms with Crippen molar-refractivity contribution in [1.82, 2.24) is 14.8 Å². The first-order valence-corrected chi connectivity index (χ1v) is 11.1. The van der Waals surface area contributed by atoms with Gasteiger partial charge in [-0.05, 0) is 17.7 Å². The minimum Gasteiger partial charge on any atom is -0.339 e. The zero-order chi connectivity index (χ0) is 20.2. The lowest BCUT2D eigenvalue weighted by Crippen LogP contribution is -2.48. The number of rotatable bonds is 6. The molecule has 0 atom stereocenters. The summed E-state index contributed by atoms with van der Waals surface area (Å²) >= 11 is 3.11. The highest BCUT2D eigenvalue weighted by Gasteiger charge is 2.22. The molecular weight excluding hydrogens is 408 g/mol. The van der Waals surface area contributed by atoms with Crippen molar-refractivity contribution >= 4 is 44.9 Å².